The summed E-state index contributed by atoms with van der Waals surface area (Å²) in [5.41, 5.74) is 0.448. The van der Waals surface area contributed by atoms with E-state index in [0.717, 1.165) is 32.1 Å². The molecule has 1 aromatic rings. The SMILES string of the molecule is O=C1CCC(CN2CCN(c3ccc(F)cc3F)CC2)O1. The Morgan fingerprint density at radius 3 is 2.57 bits per heavy atom. The third-order valence-corrected chi connectivity index (χ3v) is 4.05. The summed E-state index contributed by atoms with van der Waals surface area (Å²) in [6.07, 6.45) is 1.28. The number of benzene rings is 1. The average molecular weight is 296 g/mol. The van der Waals surface area contributed by atoms with Gasteiger partial charge in [0.15, 0.2) is 0 Å². The number of piperazine rings is 1. The summed E-state index contributed by atoms with van der Waals surface area (Å²) < 4.78 is 31.9. The number of nitrogens with zero attached hydrogens (tertiary/aromatic N) is 2. The number of rotatable bonds is 3. The lowest BCUT2D eigenvalue weighted by molar-refractivity contribution is -0.142. The van der Waals surface area contributed by atoms with E-state index in [1.807, 2.05) is 4.90 Å². The number of halogens is 2. The number of hydrogen-bond acceptors (Lipinski definition) is 4. The van der Waals surface area contributed by atoms with Gasteiger partial charge in [0.05, 0.1) is 5.69 Å². The second kappa shape index (κ2) is 5.97. The molecule has 0 aromatic heterocycles. The minimum atomic E-state index is -0.557. The predicted molar refractivity (Wildman–Crippen MR) is 74.1 cm³/mol. The van der Waals surface area contributed by atoms with E-state index in [2.05, 4.69) is 4.90 Å². The number of hydrogen-bond donors (Lipinski definition) is 0. The van der Waals surface area contributed by atoms with Crippen LogP contribution in [0.15, 0.2) is 18.2 Å². The number of cyclic esters (lactones) is 1. The minimum absolute atomic E-state index is 0.00777. The van der Waals surface area contributed by atoms with E-state index in [1.54, 1.807) is 0 Å². The molecule has 4 nitrogen and oxygen atoms in total. The lowest BCUT2D eigenvalue weighted by Crippen LogP contribution is -2.48. The van der Waals surface area contributed by atoms with Gasteiger partial charge in [0.1, 0.15) is 17.7 Å². The highest BCUT2D eigenvalue weighted by atomic mass is 19.1. The van der Waals surface area contributed by atoms with Crippen molar-refractivity contribution in [2.24, 2.45) is 0 Å². The molecule has 21 heavy (non-hydrogen) atoms. The van der Waals surface area contributed by atoms with Gasteiger partial charge < -0.3 is 9.64 Å². The van der Waals surface area contributed by atoms with Gasteiger partial charge in [-0.2, -0.15) is 0 Å². The lowest BCUT2D eigenvalue weighted by Gasteiger charge is -2.36. The standard InChI is InChI=1S/C15H18F2N2O2/c16-11-1-3-14(13(17)9-11)19-7-5-18(6-8-19)10-12-2-4-15(20)21-12/h1,3,9,12H,2,4-8,10H2. The van der Waals surface area contributed by atoms with E-state index in [9.17, 15) is 13.6 Å². The van der Waals surface area contributed by atoms with Crippen molar-refractivity contribution in [2.45, 2.75) is 18.9 Å². The molecule has 1 aromatic carbocycles. The predicted octanol–water partition coefficient (Wildman–Crippen LogP) is 1.79. The molecular weight excluding hydrogens is 278 g/mol. The second-order valence-electron chi connectivity index (χ2n) is 5.53. The van der Waals surface area contributed by atoms with Crippen LogP contribution in [-0.4, -0.2) is 49.7 Å². The van der Waals surface area contributed by atoms with Gasteiger partial charge >= 0.3 is 5.97 Å². The van der Waals surface area contributed by atoms with Crippen LogP contribution >= 0.6 is 0 Å². The van der Waals surface area contributed by atoms with Crippen molar-refractivity contribution in [1.29, 1.82) is 0 Å². The van der Waals surface area contributed by atoms with Crippen LogP contribution in [0.4, 0.5) is 14.5 Å². The Labute approximate surface area is 122 Å². The van der Waals surface area contributed by atoms with E-state index in [0.29, 0.717) is 25.2 Å². The Kier molecular flexibility index (Phi) is 4.05. The van der Waals surface area contributed by atoms with Gasteiger partial charge in [-0.05, 0) is 18.6 Å². The van der Waals surface area contributed by atoms with E-state index in [-0.39, 0.29) is 12.1 Å². The molecule has 1 atom stereocenters. The highest BCUT2D eigenvalue weighted by Gasteiger charge is 2.27. The van der Waals surface area contributed by atoms with Crippen LogP contribution in [0, 0.1) is 11.6 Å². The molecule has 0 aliphatic carbocycles. The summed E-state index contributed by atoms with van der Waals surface area (Å²) in [4.78, 5) is 15.2. The molecule has 0 spiro atoms. The van der Waals surface area contributed by atoms with Crippen molar-refractivity contribution in [2.75, 3.05) is 37.6 Å². The molecule has 0 saturated carbocycles. The van der Waals surface area contributed by atoms with Gasteiger partial charge in [0.25, 0.3) is 0 Å². The van der Waals surface area contributed by atoms with Gasteiger partial charge in [-0.15, -0.1) is 0 Å². The smallest absolute Gasteiger partial charge is 0.306 e. The van der Waals surface area contributed by atoms with Crippen LogP contribution < -0.4 is 4.90 Å². The van der Waals surface area contributed by atoms with Crippen molar-refractivity contribution in [3.05, 3.63) is 29.8 Å². The summed E-state index contributed by atoms with van der Waals surface area (Å²) in [7, 11) is 0. The maximum Gasteiger partial charge on any atom is 0.306 e. The zero-order valence-corrected chi connectivity index (χ0v) is 11.7. The maximum atomic E-state index is 13.7. The number of ether oxygens (including phenoxy) is 1. The Hall–Kier alpha value is -1.69. The maximum absolute atomic E-state index is 13.7. The largest absolute Gasteiger partial charge is 0.461 e. The quantitative estimate of drug-likeness (QED) is 0.796. The molecule has 2 fully saturated rings. The normalized spacial score (nSPS) is 23.4. The first-order valence-electron chi connectivity index (χ1n) is 7.23. The zero-order valence-electron chi connectivity index (χ0n) is 11.7. The molecule has 3 rings (SSSR count). The van der Waals surface area contributed by atoms with Crippen LogP contribution in [0.1, 0.15) is 12.8 Å². The first kappa shape index (κ1) is 14.3. The van der Waals surface area contributed by atoms with Gasteiger partial charge in [0.2, 0.25) is 0 Å². The summed E-state index contributed by atoms with van der Waals surface area (Å²) in [5, 5.41) is 0. The molecule has 0 radical (unpaired) electrons. The summed E-state index contributed by atoms with van der Waals surface area (Å²) in [6.45, 7) is 3.67. The van der Waals surface area contributed by atoms with Crippen molar-refractivity contribution in [3.8, 4) is 0 Å². The van der Waals surface area contributed by atoms with E-state index < -0.39 is 11.6 Å². The Morgan fingerprint density at radius 1 is 1.19 bits per heavy atom. The van der Waals surface area contributed by atoms with E-state index >= 15 is 0 Å². The van der Waals surface area contributed by atoms with Crippen molar-refractivity contribution >= 4 is 11.7 Å². The highest BCUT2D eigenvalue weighted by Crippen LogP contribution is 2.22. The molecule has 114 valence electrons. The summed E-state index contributed by atoms with van der Waals surface area (Å²) in [5.74, 6) is -1.20. The van der Waals surface area contributed by atoms with Gasteiger partial charge in [-0.25, -0.2) is 8.78 Å². The molecule has 0 bridgehead atoms. The zero-order chi connectivity index (χ0) is 14.8. The second-order valence-corrected chi connectivity index (χ2v) is 5.53. The van der Waals surface area contributed by atoms with E-state index in [4.69, 9.17) is 4.74 Å². The van der Waals surface area contributed by atoms with Gasteiger partial charge in [-0.1, -0.05) is 0 Å². The third-order valence-electron chi connectivity index (χ3n) is 4.05. The number of carbonyl (C=O) groups excluding carboxylic acids is 1. The highest BCUT2D eigenvalue weighted by molar-refractivity contribution is 5.71. The van der Waals surface area contributed by atoms with Crippen molar-refractivity contribution < 1.29 is 18.3 Å². The third kappa shape index (κ3) is 3.32. The Morgan fingerprint density at radius 2 is 1.95 bits per heavy atom. The molecule has 0 amide bonds. The first-order valence-corrected chi connectivity index (χ1v) is 7.23. The fraction of sp³-hybridized carbons (Fsp3) is 0.533. The number of anilines is 1. The molecule has 2 aliphatic rings. The summed E-state index contributed by atoms with van der Waals surface area (Å²) in [6, 6.07) is 3.68. The topological polar surface area (TPSA) is 32.8 Å². The molecule has 1 unspecified atom stereocenters. The number of esters is 1. The van der Waals surface area contributed by atoms with Crippen molar-refractivity contribution in [3.63, 3.8) is 0 Å². The fourth-order valence-electron chi connectivity index (χ4n) is 2.91. The van der Waals surface area contributed by atoms with Crippen LogP contribution in [0.3, 0.4) is 0 Å². The van der Waals surface area contributed by atoms with Crippen LogP contribution in [-0.2, 0) is 9.53 Å². The van der Waals surface area contributed by atoms with Crippen LogP contribution in [0.25, 0.3) is 0 Å². The van der Waals surface area contributed by atoms with Crippen molar-refractivity contribution in [1.82, 2.24) is 4.90 Å². The average Bonchev–Trinajstić information content (AvgIpc) is 2.85. The molecule has 6 heteroatoms. The first-order chi connectivity index (χ1) is 10.1. The minimum Gasteiger partial charge on any atom is -0.461 e. The Bertz CT molecular complexity index is 530. The fourth-order valence-corrected chi connectivity index (χ4v) is 2.91. The molecule has 2 saturated heterocycles. The van der Waals surface area contributed by atoms with E-state index in [1.165, 1.54) is 12.1 Å². The molecule has 2 aliphatic heterocycles. The monoisotopic (exact) mass is 296 g/mol. The lowest BCUT2D eigenvalue weighted by atomic mass is 10.2. The van der Waals surface area contributed by atoms with Crippen LogP contribution in [0.5, 0.6) is 0 Å². The van der Waals surface area contributed by atoms with Gasteiger partial charge in [0, 0.05) is 45.2 Å². The summed E-state index contributed by atoms with van der Waals surface area (Å²) >= 11 is 0. The number of carbonyl (C=O) groups is 1. The molecule has 2 heterocycles. The molecular formula is C15H18F2N2O2. The Balaban J connectivity index is 1.54. The molecule has 0 N–H and O–H groups in total. The van der Waals surface area contributed by atoms with Crippen LogP contribution in [0.2, 0.25) is 0 Å². The van der Waals surface area contributed by atoms with Gasteiger partial charge in [-0.3, -0.25) is 9.69 Å².